The van der Waals surface area contributed by atoms with Crippen molar-refractivity contribution in [3.8, 4) is 5.75 Å². The highest BCUT2D eigenvalue weighted by molar-refractivity contribution is 5.88. The van der Waals surface area contributed by atoms with Crippen molar-refractivity contribution in [3.05, 3.63) is 59.4 Å². The number of benzene rings is 1. The van der Waals surface area contributed by atoms with Crippen molar-refractivity contribution in [3.63, 3.8) is 0 Å². The third kappa shape index (κ3) is 3.84. The molecule has 0 radical (unpaired) electrons. The summed E-state index contributed by atoms with van der Waals surface area (Å²) < 4.78 is 5.97. The lowest BCUT2D eigenvalue weighted by Gasteiger charge is -2.57. The molecule has 4 fully saturated rings. The van der Waals surface area contributed by atoms with Crippen LogP contribution in [0.4, 0.5) is 0 Å². The molecule has 0 unspecified atom stereocenters. The molecule has 1 aromatic heterocycles. The Balaban J connectivity index is 1.12. The van der Waals surface area contributed by atoms with E-state index in [9.17, 15) is 9.90 Å². The van der Waals surface area contributed by atoms with Gasteiger partial charge in [-0.2, -0.15) is 0 Å². The van der Waals surface area contributed by atoms with E-state index >= 15 is 0 Å². The molecule has 158 valence electrons. The second-order valence-corrected chi connectivity index (χ2v) is 9.87. The molecule has 2 aromatic rings. The lowest BCUT2D eigenvalue weighted by Crippen LogP contribution is -2.48. The second kappa shape index (κ2) is 8.05. The van der Waals surface area contributed by atoms with Gasteiger partial charge in [0.1, 0.15) is 5.75 Å². The molecule has 4 aliphatic rings. The second-order valence-electron chi connectivity index (χ2n) is 9.87. The number of rotatable bonds is 8. The molecule has 0 atom stereocenters. The first kappa shape index (κ1) is 19.6. The van der Waals surface area contributed by atoms with Crippen LogP contribution in [0, 0.1) is 17.8 Å². The van der Waals surface area contributed by atoms with Crippen LogP contribution in [0.15, 0.2) is 42.7 Å². The van der Waals surface area contributed by atoms with Crippen LogP contribution in [0.1, 0.15) is 72.9 Å². The van der Waals surface area contributed by atoms with Crippen LogP contribution in [0.25, 0.3) is 0 Å². The van der Waals surface area contributed by atoms with Crippen LogP contribution in [0.5, 0.6) is 5.75 Å². The first-order chi connectivity index (χ1) is 14.6. The number of hydrogen-bond acceptors (Lipinski definition) is 3. The zero-order valence-corrected chi connectivity index (χ0v) is 17.6. The average molecular weight is 406 g/mol. The summed E-state index contributed by atoms with van der Waals surface area (Å²) in [6.45, 7) is 0.657. The Morgan fingerprint density at radius 3 is 2.30 bits per heavy atom. The molecule has 6 rings (SSSR count). The third-order valence-corrected chi connectivity index (χ3v) is 7.76. The number of nitrogens with zero attached hydrogens (tertiary/aromatic N) is 1. The maximum atomic E-state index is 11.3. The molecule has 4 saturated carbocycles. The standard InChI is InChI=1S/C26H31NO3/c28-25(29)24-17-27-9-8-21(24)3-1-2-10-30-23-6-4-22(5-7-23)26-14-18-11-19(15-26)13-20(12-18)16-26/h4-9,17-20H,1-3,10-16H2,(H,28,29). The van der Waals surface area contributed by atoms with E-state index in [2.05, 4.69) is 29.2 Å². The van der Waals surface area contributed by atoms with Gasteiger partial charge in [0, 0.05) is 12.4 Å². The van der Waals surface area contributed by atoms with E-state index < -0.39 is 5.97 Å². The van der Waals surface area contributed by atoms with Gasteiger partial charge >= 0.3 is 5.97 Å². The first-order valence-electron chi connectivity index (χ1n) is 11.5. The van der Waals surface area contributed by atoms with E-state index in [0.717, 1.165) is 48.3 Å². The van der Waals surface area contributed by atoms with Crippen LogP contribution in [0.3, 0.4) is 0 Å². The molecule has 4 bridgehead atoms. The molecular weight excluding hydrogens is 374 g/mol. The van der Waals surface area contributed by atoms with Gasteiger partial charge in [-0.15, -0.1) is 0 Å². The minimum atomic E-state index is -0.909. The highest BCUT2D eigenvalue weighted by Crippen LogP contribution is 2.60. The molecule has 0 spiro atoms. The summed E-state index contributed by atoms with van der Waals surface area (Å²) in [5.74, 6) is 2.93. The molecular formula is C26H31NO3. The Morgan fingerprint density at radius 2 is 1.67 bits per heavy atom. The van der Waals surface area contributed by atoms with Crippen molar-refractivity contribution < 1.29 is 14.6 Å². The summed E-state index contributed by atoms with van der Waals surface area (Å²) in [6, 6.07) is 10.7. The monoisotopic (exact) mass is 405 g/mol. The molecule has 1 N–H and O–H groups in total. The number of aromatic carboxylic acids is 1. The molecule has 4 heteroatoms. The molecule has 0 amide bonds. The first-order valence-corrected chi connectivity index (χ1v) is 11.5. The predicted octanol–water partition coefficient (Wildman–Crippen LogP) is 5.65. The number of carboxylic acids is 1. The van der Waals surface area contributed by atoms with Gasteiger partial charge in [0.05, 0.1) is 12.2 Å². The molecule has 0 saturated heterocycles. The minimum Gasteiger partial charge on any atom is -0.494 e. The number of carbonyl (C=O) groups is 1. The number of hydrogen-bond donors (Lipinski definition) is 1. The van der Waals surface area contributed by atoms with E-state index in [4.69, 9.17) is 4.74 Å². The maximum absolute atomic E-state index is 11.3. The average Bonchev–Trinajstić information content (AvgIpc) is 2.73. The normalized spacial score (nSPS) is 29.1. The lowest BCUT2D eigenvalue weighted by atomic mass is 9.48. The van der Waals surface area contributed by atoms with Crippen molar-refractivity contribution >= 4 is 5.97 Å². The SMILES string of the molecule is O=C(O)c1cnccc1CCCCOc1ccc(C23CC4CC(CC(C4)C2)C3)cc1. The van der Waals surface area contributed by atoms with Gasteiger partial charge in [-0.3, -0.25) is 4.98 Å². The van der Waals surface area contributed by atoms with E-state index in [1.54, 1.807) is 12.3 Å². The number of ether oxygens (including phenoxy) is 1. The van der Waals surface area contributed by atoms with E-state index in [-0.39, 0.29) is 0 Å². The number of aromatic nitrogens is 1. The van der Waals surface area contributed by atoms with Crippen molar-refractivity contribution in [1.29, 1.82) is 0 Å². The molecule has 4 aliphatic carbocycles. The quantitative estimate of drug-likeness (QED) is 0.577. The highest BCUT2D eigenvalue weighted by Gasteiger charge is 2.51. The summed E-state index contributed by atoms with van der Waals surface area (Å²) in [7, 11) is 0. The molecule has 0 aliphatic heterocycles. The minimum absolute atomic E-state index is 0.304. The van der Waals surface area contributed by atoms with Gasteiger partial charge in [-0.1, -0.05) is 12.1 Å². The summed E-state index contributed by atoms with van der Waals surface area (Å²) in [4.78, 5) is 15.2. The van der Waals surface area contributed by atoms with Gasteiger partial charge in [0.2, 0.25) is 0 Å². The van der Waals surface area contributed by atoms with Crippen molar-refractivity contribution in [2.24, 2.45) is 17.8 Å². The lowest BCUT2D eigenvalue weighted by molar-refractivity contribution is -0.00520. The fourth-order valence-corrected chi connectivity index (χ4v) is 6.81. The Hall–Kier alpha value is -2.36. The molecule has 1 aromatic carbocycles. The highest BCUT2D eigenvalue weighted by atomic mass is 16.5. The Morgan fingerprint density at radius 1 is 1.00 bits per heavy atom. The van der Waals surface area contributed by atoms with Crippen LogP contribution in [-0.4, -0.2) is 22.7 Å². The fraction of sp³-hybridized carbons (Fsp3) is 0.538. The van der Waals surface area contributed by atoms with E-state index in [0.29, 0.717) is 17.6 Å². The molecule has 1 heterocycles. The summed E-state index contributed by atoms with van der Waals surface area (Å²) in [5.41, 5.74) is 3.13. The maximum Gasteiger partial charge on any atom is 0.337 e. The van der Waals surface area contributed by atoms with Crippen molar-refractivity contribution in [1.82, 2.24) is 4.98 Å². The van der Waals surface area contributed by atoms with Gasteiger partial charge in [-0.05, 0) is 110 Å². The number of carboxylic acid groups (broad SMARTS) is 1. The van der Waals surface area contributed by atoms with Crippen LogP contribution in [-0.2, 0) is 11.8 Å². The van der Waals surface area contributed by atoms with Crippen LogP contribution >= 0.6 is 0 Å². The smallest absolute Gasteiger partial charge is 0.337 e. The zero-order valence-electron chi connectivity index (χ0n) is 17.6. The van der Waals surface area contributed by atoms with Gasteiger partial charge < -0.3 is 9.84 Å². The van der Waals surface area contributed by atoms with Crippen LogP contribution in [0.2, 0.25) is 0 Å². The Bertz CT molecular complexity index is 869. The number of pyridine rings is 1. The topological polar surface area (TPSA) is 59.4 Å². The molecule has 4 nitrogen and oxygen atoms in total. The van der Waals surface area contributed by atoms with Crippen molar-refractivity contribution in [2.45, 2.75) is 63.2 Å². The number of unbranched alkanes of at least 4 members (excludes halogenated alkanes) is 1. The zero-order chi connectivity index (χ0) is 20.6. The van der Waals surface area contributed by atoms with Gasteiger partial charge in [-0.25, -0.2) is 4.79 Å². The third-order valence-electron chi connectivity index (χ3n) is 7.76. The van der Waals surface area contributed by atoms with E-state index in [1.807, 2.05) is 0 Å². The van der Waals surface area contributed by atoms with Gasteiger partial charge in [0.15, 0.2) is 0 Å². The Labute approximate surface area is 178 Å². The summed E-state index contributed by atoms with van der Waals surface area (Å²) >= 11 is 0. The van der Waals surface area contributed by atoms with Crippen molar-refractivity contribution in [2.75, 3.05) is 6.61 Å². The summed E-state index contributed by atoms with van der Waals surface area (Å²) in [5, 5.41) is 9.24. The van der Waals surface area contributed by atoms with E-state index in [1.165, 1.54) is 50.3 Å². The predicted molar refractivity (Wildman–Crippen MR) is 116 cm³/mol. The Kier molecular flexibility index (Phi) is 5.26. The summed E-state index contributed by atoms with van der Waals surface area (Å²) in [6.07, 6.45) is 14.2. The van der Waals surface area contributed by atoms with Crippen LogP contribution < -0.4 is 4.74 Å². The number of aryl methyl sites for hydroxylation is 1. The molecule has 30 heavy (non-hydrogen) atoms. The van der Waals surface area contributed by atoms with Gasteiger partial charge in [0.25, 0.3) is 0 Å². The fourth-order valence-electron chi connectivity index (χ4n) is 6.81. The largest absolute Gasteiger partial charge is 0.494 e.